The summed E-state index contributed by atoms with van der Waals surface area (Å²) in [7, 11) is 0. The first kappa shape index (κ1) is 64.3. The molecule has 0 saturated carbocycles. The van der Waals surface area contributed by atoms with E-state index in [1.807, 2.05) is 33.9 Å². The Morgan fingerprint density at radius 2 is 0.417 bits per heavy atom. The van der Waals surface area contributed by atoms with Crippen LogP contribution in [0.2, 0.25) is 0 Å². The average molecular weight is 285 g/mol. The van der Waals surface area contributed by atoms with E-state index in [4.69, 9.17) is 24.0 Å². The molecule has 12 heavy (non-hydrogen) atoms. The van der Waals surface area contributed by atoms with Crippen LogP contribution in [0.4, 0.5) is 0 Å². The Hall–Kier alpha value is -0.651. The van der Waals surface area contributed by atoms with Crippen molar-refractivity contribution in [3.05, 3.63) is 0 Å². The molecule has 0 amide bonds. The molecular weight excluding hydrogens is 275 g/mol. The maximum atomic E-state index is 8.00. The Morgan fingerprint density at radius 1 is 0.417 bits per heavy atom. The molecule has 0 aliphatic rings. The van der Waals surface area contributed by atoms with Crippen molar-refractivity contribution < 1.29 is 58.0 Å². The second-order valence-electron chi connectivity index (χ2n) is 0. The molecule has 0 aromatic rings. The van der Waals surface area contributed by atoms with Crippen LogP contribution in [0.5, 0.6) is 0 Å². The minimum absolute atomic E-state index is 0. The minimum Gasteiger partial charge on any atom is -1.00 e. The van der Waals surface area contributed by atoms with E-state index in [1.165, 1.54) is 0 Å². The maximum absolute atomic E-state index is 8.00. The van der Waals surface area contributed by atoms with Crippen molar-refractivity contribution in [2.45, 2.75) is 0 Å². The third kappa shape index (κ3) is 1540. The van der Waals surface area contributed by atoms with Crippen LogP contribution in [-0.4, -0.2) is 33.9 Å². The van der Waals surface area contributed by atoms with Gasteiger partial charge in [-0.2, -0.15) is 0 Å². The third-order valence-corrected chi connectivity index (χ3v) is 0. The summed E-state index contributed by atoms with van der Waals surface area (Å²) in [5.74, 6) is 0. The zero-order valence-electron chi connectivity index (χ0n) is 6.33. The monoisotopic (exact) mass is 284 g/mol. The van der Waals surface area contributed by atoms with Gasteiger partial charge in [-0.1, -0.05) is 0 Å². The van der Waals surface area contributed by atoms with Gasteiger partial charge in [0.15, 0.2) is 0 Å². The molecule has 0 atom stereocenters. The normalized spacial score (nSPS) is 1.67. The van der Waals surface area contributed by atoms with Gasteiger partial charge in [0, 0.05) is 17.1 Å². The number of carbonyl (C=O) groups is 5. The minimum atomic E-state index is 0. The van der Waals surface area contributed by atoms with E-state index in [0.717, 1.165) is 0 Å². The Morgan fingerprint density at radius 3 is 0.417 bits per heavy atom. The van der Waals surface area contributed by atoms with Crippen LogP contribution in [0.1, 0.15) is 0 Å². The van der Waals surface area contributed by atoms with Crippen molar-refractivity contribution in [1.82, 2.24) is 0 Å². The average Bonchev–Trinajstić information content (AvgIpc) is 2.20. The molecule has 1 radical (unpaired) electrons. The van der Waals surface area contributed by atoms with Crippen LogP contribution in [0.15, 0.2) is 0 Å². The molecule has 0 spiro atoms. The Labute approximate surface area is 92.1 Å². The van der Waals surface area contributed by atoms with Gasteiger partial charge in [0.25, 0.3) is 0 Å². The molecule has 0 fully saturated rings. The van der Waals surface area contributed by atoms with Gasteiger partial charge >= 0.3 is 0 Å². The summed E-state index contributed by atoms with van der Waals surface area (Å²) < 4.78 is 0. The van der Waals surface area contributed by atoms with Gasteiger partial charge in [-0.15, -0.1) is 0 Å². The Balaban J connectivity index is -0.00000000500. The van der Waals surface area contributed by atoms with Crippen LogP contribution in [0, 0.1) is 0 Å². The third-order valence-electron chi connectivity index (χ3n) is 0. The summed E-state index contributed by atoms with van der Waals surface area (Å²) in [4.78, 5) is 40.0. The Bertz CT molecular complexity index is 31.4. The van der Waals surface area contributed by atoms with E-state index in [1.54, 1.807) is 0 Å². The molecule has 0 aromatic carbocycles. The van der Waals surface area contributed by atoms with Gasteiger partial charge in [0.1, 0.15) is 33.9 Å². The van der Waals surface area contributed by atoms with Gasteiger partial charge in [-0.25, -0.2) is 0 Å². The summed E-state index contributed by atoms with van der Waals surface area (Å²) >= 11 is 0. The second kappa shape index (κ2) is 2140. The van der Waals surface area contributed by atoms with E-state index in [-0.39, 0.29) is 34.1 Å². The van der Waals surface area contributed by atoms with E-state index in [9.17, 15) is 0 Å². The van der Waals surface area contributed by atoms with Gasteiger partial charge in [-0.05, 0) is 0 Å². The predicted octanol–water partition coefficient (Wildman–Crippen LogP) is -3.92. The van der Waals surface area contributed by atoms with Crippen molar-refractivity contribution in [1.29, 1.82) is 0 Å². The molecule has 0 aliphatic heterocycles. The fraction of sp³-hybridized carbons (Fsp3) is 0. The standard InChI is InChI=1S/5CH2O.BrH.Mn/c5*1-2;;/h5*1H2;1H;/p-1. The van der Waals surface area contributed by atoms with Crippen molar-refractivity contribution in [3.8, 4) is 0 Å². The van der Waals surface area contributed by atoms with Gasteiger partial charge in [0.05, 0.1) is 0 Å². The molecular formula is C5H10BrMnO5-. The van der Waals surface area contributed by atoms with Crippen LogP contribution < -0.4 is 17.0 Å². The van der Waals surface area contributed by atoms with Crippen LogP contribution >= 0.6 is 0 Å². The first-order valence-corrected chi connectivity index (χ1v) is 1.44. The summed E-state index contributed by atoms with van der Waals surface area (Å²) in [5, 5.41) is 0. The van der Waals surface area contributed by atoms with Crippen molar-refractivity contribution in [2.75, 3.05) is 0 Å². The van der Waals surface area contributed by atoms with E-state index >= 15 is 0 Å². The molecule has 0 aliphatic carbocycles. The topological polar surface area (TPSA) is 85.3 Å². The largest absolute Gasteiger partial charge is 1.00 e. The van der Waals surface area contributed by atoms with Crippen LogP contribution in [-0.2, 0) is 41.0 Å². The van der Waals surface area contributed by atoms with Gasteiger partial charge < -0.3 is 41.0 Å². The number of carbonyl (C=O) groups excluding carboxylic acids is 5. The zero-order chi connectivity index (χ0) is 10.0. The first-order valence-electron chi connectivity index (χ1n) is 1.44. The second-order valence-corrected chi connectivity index (χ2v) is 0. The Kier molecular flexibility index (Phi) is 11400. The summed E-state index contributed by atoms with van der Waals surface area (Å²) in [6.45, 7) is 10.0. The van der Waals surface area contributed by atoms with Crippen molar-refractivity contribution >= 4 is 33.9 Å². The van der Waals surface area contributed by atoms with E-state index in [0.29, 0.717) is 0 Å². The summed E-state index contributed by atoms with van der Waals surface area (Å²) in [5.41, 5.74) is 0. The molecule has 0 saturated heterocycles. The summed E-state index contributed by atoms with van der Waals surface area (Å²) in [6, 6.07) is 0. The number of hydrogen-bond donors (Lipinski definition) is 0. The summed E-state index contributed by atoms with van der Waals surface area (Å²) in [6.07, 6.45) is 0. The molecule has 0 N–H and O–H groups in total. The van der Waals surface area contributed by atoms with E-state index < -0.39 is 0 Å². The molecule has 0 heterocycles. The molecule has 0 rings (SSSR count). The fourth-order valence-electron chi connectivity index (χ4n) is 0. The van der Waals surface area contributed by atoms with Gasteiger partial charge in [0.2, 0.25) is 0 Å². The molecule has 5 nitrogen and oxygen atoms in total. The van der Waals surface area contributed by atoms with E-state index in [2.05, 4.69) is 0 Å². The molecule has 75 valence electrons. The smallest absolute Gasteiger partial charge is 0.106 e. The quantitative estimate of drug-likeness (QED) is 0.424. The number of hydrogen-bond acceptors (Lipinski definition) is 5. The molecule has 0 unspecified atom stereocenters. The maximum Gasteiger partial charge on any atom is 0.106 e. The predicted molar refractivity (Wildman–Crippen MR) is 35.6 cm³/mol. The fourth-order valence-corrected chi connectivity index (χ4v) is 0. The molecule has 7 heteroatoms. The number of rotatable bonds is 0. The van der Waals surface area contributed by atoms with Crippen LogP contribution in [0.25, 0.3) is 0 Å². The molecule has 0 bridgehead atoms. The van der Waals surface area contributed by atoms with Crippen molar-refractivity contribution in [2.24, 2.45) is 0 Å². The SMILES string of the molecule is C=O.C=O.C=O.C=O.C=O.[Br-].[Mn]. The van der Waals surface area contributed by atoms with Crippen LogP contribution in [0.3, 0.4) is 0 Å². The zero-order valence-corrected chi connectivity index (χ0v) is 9.10. The van der Waals surface area contributed by atoms with Gasteiger partial charge in [-0.3, -0.25) is 0 Å². The number of halogens is 1. The van der Waals surface area contributed by atoms with Crippen molar-refractivity contribution in [3.63, 3.8) is 0 Å². The first-order chi connectivity index (χ1) is 5.00. The molecule has 0 aromatic heterocycles.